The number of hydrogen-bond donors (Lipinski definition) is 3. The standard InChI is InChI=1S/C11H12N4O/c1-7-10(6-13-15-7)11(16)14-9-4-2-8(12)3-5-9/h2-6H,12H2,1H3,(H,13,15)(H,14,16). The second-order valence-electron chi connectivity index (χ2n) is 3.48. The Morgan fingerprint density at radius 3 is 2.62 bits per heavy atom. The van der Waals surface area contributed by atoms with Crippen LogP contribution in [0.5, 0.6) is 0 Å². The molecule has 1 heterocycles. The fourth-order valence-electron chi connectivity index (χ4n) is 1.34. The van der Waals surface area contributed by atoms with E-state index in [0.717, 1.165) is 5.69 Å². The van der Waals surface area contributed by atoms with E-state index in [1.807, 2.05) is 0 Å². The monoisotopic (exact) mass is 216 g/mol. The minimum Gasteiger partial charge on any atom is -0.399 e. The van der Waals surface area contributed by atoms with E-state index in [1.165, 1.54) is 6.20 Å². The molecule has 0 spiro atoms. The predicted molar refractivity (Wildman–Crippen MR) is 62.1 cm³/mol. The first-order chi connectivity index (χ1) is 7.66. The Hall–Kier alpha value is -2.30. The molecule has 82 valence electrons. The van der Waals surface area contributed by atoms with Crippen LogP contribution in [0.3, 0.4) is 0 Å². The number of nitrogens with one attached hydrogen (secondary N) is 2. The van der Waals surface area contributed by atoms with Gasteiger partial charge < -0.3 is 11.1 Å². The van der Waals surface area contributed by atoms with Crippen molar-refractivity contribution in [2.75, 3.05) is 11.1 Å². The molecule has 5 heteroatoms. The maximum absolute atomic E-state index is 11.8. The third-order valence-corrected chi connectivity index (χ3v) is 2.24. The highest BCUT2D eigenvalue weighted by atomic mass is 16.1. The molecule has 0 atom stereocenters. The van der Waals surface area contributed by atoms with Crippen molar-refractivity contribution in [3.63, 3.8) is 0 Å². The maximum Gasteiger partial charge on any atom is 0.259 e. The number of aromatic amines is 1. The van der Waals surface area contributed by atoms with Crippen molar-refractivity contribution >= 4 is 17.3 Å². The third-order valence-electron chi connectivity index (χ3n) is 2.24. The number of nitrogens with zero attached hydrogens (tertiary/aromatic N) is 1. The van der Waals surface area contributed by atoms with E-state index in [4.69, 9.17) is 5.73 Å². The number of rotatable bonds is 2. The first-order valence-electron chi connectivity index (χ1n) is 4.83. The summed E-state index contributed by atoms with van der Waals surface area (Å²) in [6.07, 6.45) is 1.50. The van der Waals surface area contributed by atoms with E-state index >= 15 is 0 Å². The highest BCUT2D eigenvalue weighted by Gasteiger charge is 2.10. The van der Waals surface area contributed by atoms with E-state index in [0.29, 0.717) is 16.9 Å². The van der Waals surface area contributed by atoms with Crippen molar-refractivity contribution in [3.8, 4) is 0 Å². The quantitative estimate of drug-likeness (QED) is 0.666. The Bertz CT molecular complexity index is 501. The lowest BCUT2D eigenvalue weighted by atomic mass is 10.2. The summed E-state index contributed by atoms with van der Waals surface area (Å²) in [5, 5.41) is 9.26. The van der Waals surface area contributed by atoms with Gasteiger partial charge in [0, 0.05) is 17.1 Å². The Balaban J connectivity index is 2.14. The van der Waals surface area contributed by atoms with Gasteiger partial charge in [0.2, 0.25) is 0 Å². The molecule has 0 radical (unpaired) electrons. The van der Waals surface area contributed by atoms with Gasteiger partial charge in [0.05, 0.1) is 11.8 Å². The van der Waals surface area contributed by atoms with Gasteiger partial charge in [-0.2, -0.15) is 5.10 Å². The molecule has 0 fully saturated rings. The minimum absolute atomic E-state index is 0.184. The number of amides is 1. The second-order valence-corrected chi connectivity index (χ2v) is 3.48. The zero-order valence-corrected chi connectivity index (χ0v) is 8.82. The molecule has 0 aliphatic heterocycles. The largest absolute Gasteiger partial charge is 0.399 e. The number of aryl methyl sites for hydroxylation is 1. The van der Waals surface area contributed by atoms with Crippen LogP contribution in [0.15, 0.2) is 30.5 Å². The number of aromatic nitrogens is 2. The summed E-state index contributed by atoms with van der Waals surface area (Å²) in [6, 6.07) is 6.97. The molecule has 0 saturated heterocycles. The normalized spacial score (nSPS) is 10.1. The number of benzene rings is 1. The minimum atomic E-state index is -0.184. The van der Waals surface area contributed by atoms with E-state index in [1.54, 1.807) is 31.2 Å². The average Bonchev–Trinajstić information content (AvgIpc) is 2.68. The van der Waals surface area contributed by atoms with Crippen molar-refractivity contribution in [1.29, 1.82) is 0 Å². The molecule has 0 unspecified atom stereocenters. The first-order valence-corrected chi connectivity index (χ1v) is 4.83. The van der Waals surface area contributed by atoms with Gasteiger partial charge in [-0.05, 0) is 31.2 Å². The van der Waals surface area contributed by atoms with E-state index < -0.39 is 0 Å². The summed E-state index contributed by atoms with van der Waals surface area (Å²) in [5.41, 5.74) is 8.20. The Morgan fingerprint density at radius 2 is 2.06 bits per heavy atom. The summed E-state index contributed by atoms with van der Waals surface area (Å²) >= 11 is 0. The molecule has 0 bridgehead atoms. The third kappa shape index (κ3) is 2.03. The lowest BCUT2D eigenvalue weighted by Crippen LogP contribution is -2.12. The molecule has 0 saturated carbocycles. The van der Waals surface area contributed by atoms with Crippen molar-refractivity contribution in [2.24, 2.45) is 0 Å². The topological polar surface area (TPSA) is 83.8 Å². The lowest BCUT2D eigenvalue weighted by molar-refractivity contribution is 0.102. The summed E-state index contributed by atoms with van der Waals surface area (Å²) in [4.78, 5) is 11.8. The molecule has 1 amide bonds. The van der Waals surface area contributed by atoms with Gasteiger partial charge in [-0.3, -0.25) is 9.89 Å². The highest BCUT2D eigenvalue weighted by Crippen LogP contribution is 2.12. The summed E-state index contributed by atoms with van der Waals surface area (Å²) in [5.74, 6) is -0.184. The van der Waals surface area contributed by atoms with E-state index in [2.05, 4.69) is 15.5 Å². The molecule has 2 aromatic rings. The highest BCUT2D eigenvalue weighted by molar-refractivity contribution is 6.04. The van der Waals surface area contributed by atoms with Crippen LogP contribution in [0.4, 0.5) is 11.4 Å². The molecule has 2 rings (SSSR count). The zero-order valence-electron chi connectivity index (χ0n) is 8.82. The van der Waals surface area contributed by atoms with Crippen molar-refractivity contribution in [3.05, 3.63) is 41.7 Å². The number of H-pyrrole nitrogens is 1. The molecule has 0 aliphatic rings. The van der Waals surface area contributed by atoms with Crippen LogP contribution in [-0.2, 0) is 0 Å². The van der Waals surface area contributed by atoms with E-state index in [-0.39, 0.29) is 5.91 Å². The lowest BCUT2D eigenvalue weighted by Gasteiger charge is -2.04. The fraction of sp³-hybridized carbons (Fsp3) is 0.0909. The molecular formula is C11H12N4O. The van der Waals surface area contributed by atoms with Gasteiger partial charge in [-0.15, -0.1) is 0 Å². The Kier molecular flexibility index (Phi) is 2.59. The summed E-state index contributed by atoms with van der Waals surface area (Å²) < 4.78 is 0. The number of carbonyl (C=O) groups excluding carboxylic acids is 1. The van der Waals surface area contributed by atoms with Gasteiger partial charge in [0.25, 0.3) is 5.91 Å². The van der Waals surface area contributed by atoms with Gasteiger partial charge in [-0.25, -0.2) is 0 Å². The Morgan fingerprint density at radius 1 is 1.38 bits per heavy atom. The molecule has 5 nitrogen and oxygen atoms in total. The van der Waals surface area contributed by atoms with Gasteiger partial charge in [0.15, 0.2) is 0 Å². The maximum atomic E-state index is 11.8. The van der Waals surface area contributed by atoms with Crippen molar-refractivity contribution < 1.29 is 4.79 Å². The van der Waals surface area contributed by atoms with Crippen molar-refractivity contribution in [2.45, 2.75) is 6.92 Å². The van der Waals surface area contributed by atoms with Crippen LogP contribution in [0, 0.1) is 6.92 Å². The van der Waals surface area contributed by atoms with E-state index in [9.17, 15) is 4.79 Å². The van der Waals surface area contributed by atoms with Crippen LogP contribution in [-0.4, -0.2) is 16.1 Å². The van der Waals surface area contributed by atoms with Crippen LogP contribution < -0.4 is 11.1 Å². The molecule has 1 aromatic heterocycles. The number of nitrogens with two attached hydrogens (primary N) is 1. The van der Waals surface area contributed by atoms with Crippen LogP contribution in [0.25, 0.3) is 0 Å². The summed E-state index contributed by atoms with van der Waals surface area (Å²) in [7, 11) is 0. The molecule has 1 aromatic carbocycles. The smallest absolute Gasteiger partial charge is 0.259 e. The number of nitrogen functional groups attached to an aromatic ring is 1. The summed E-state index contributed by atoms with van der Waals surface area (Å²) in [6.45, 7) is 1.80. The molecule has 4 N–H and O–H groups in total. The van der Waals surface area contributed by atoms with Gasteiger partial charge >= 0.3 is 0 Å². The van der Waals surface area contributed by atoms with Crippen LogP contribution in [0.2, 0.25) is 0 Å². The SMILES string of the molecule is Cc1[nH]ncc1C(=O)Nc1ccc(N)cc1. The number of carbonyl (C=O) groups is 1. The number of anilines is 2. The average molecular weight is 216 g/mol. The van der Waals surface area contributed by atoms with Crippen LogP contribution >= 0.6 is 0 Å². The number of hydrogen-bond acceptors (Lipinski definition) is 3. The fourth-order valence-corrected chi connectivity index (χ4v) is 1.34. The molecule has 0 aliphatic carbocycles. The molecular weight excluding hydrogens is 204 g/mol. The first kappa shape index (κ1) is 10.2. The zero-order chi connectivity index (χ0) is 11.5. The Labute approximate surface area is 92.7 Å². The second kappa shape index (κ2) is 4.06. The van der Waals surface area contributed by atoms with Crippen molar-refractivity contribution in [1.82, 2.24) is 10.2 Å². The van der Waals surface area contributed by atoms with Gasteiger partial charge in [-0.1, -0.05) is 0 Å². The van der Waals surface area contributed by atoms with Gasteiger partial charge in [0.1, 0.15) is 0 Å². The predicted octanol–water partition coefficient (Wildman–Crippen LogP) is 1.55. The molecule has 16 heavy (non-hydrogen) atoms. The van der Waals surface area contributed by atoms with Crippen LogP contribution in [0.1, 0.15) is 16.1 Å².